The summed E-state index contributed by atoms with van der Waals surface area (Å²) in [5.74, 6) is 0.973. The number of alkyl halides is 1. The van der Waals surface area contributed by atoms with E-state index in [0.29, 0.717) is 23.6 Å². The van der Waals surface area contributed by atoms with E-state index in [-0.39, 0.29) is 11.3 Å². The van der Waals surface area contributed by atoms with E-state index >= 15 is 0 Å². The molecule has 4 nitrogen and oxygen atoms in total. The van der Waals surface area contributed by atoms with E-state index in [1.54, 1.807) is 32.4 Å². The van der Waals surface area contributed by atoms with Crippen LogP contribution in [0, 0.1) is 0 Å². The Morgan fingerprint density at radius 2 is 1.83 bits per heavy atom. The van der Waals surface area contributed by atoms with Gasteiger partial charge in [0.05, 0.1) is 19.6 Å². The molecule has 100 valence electrons. The number of benzene rings is 1. The number of methoxy groups -OCH3 is 2. The van der Waals surface area contributed by atoms with Gasteiger partial charge >= 0.3 is 0 Å². The van der Waals surface area contributed by atoms with Gasteiger partial charge in [-0.1, -0.05) is 6.92 Å². The Morgan fingerprint density at radius 1 is 1.28 bits per heavy atom. The average molecular weight is 272 g/mol. The van der Waals surface area contributed by atoms with Crippen LogP contribution in [0.1, 0.15) is 23.7 Å². The molecule has 0 fully saturated rings. The molecular weight excluding hydrogens is 254 g/mol. The van der Waals surface area contributed by atoms with E-state index in [0.717, 1.165) is 6.42 Å². The zero-order valence-corrected chi connectivity index (χ0v) is 11.6. The Kier molecular flexibility index (Phi) is 5.78. The summed E-state index contributed by atoms with van der Waals surface area (Å²) in [6.07, 6.45) is 0.809. The van der Waals surface area contributed by atoms with Gasteiger partial charge in [-0.3, -0.25) is 4.79 Å². The number of rotatable bonds is 6. The Balaban J connectivity index is 2.78. The summed E-state index contributed by atoms with van der Waals surface area (Å²) in [6, 6.07) is 5.03. The van der Waals surface area contributed by atoms with E-state index in [2.05, 4.69) is 5.32 Å². The number of ether oxygens (including phenoxy) is 2. The molecular formula is C13H18ClNO3. The van der Waals surface area contributed by atoms with Crippen LogP contribution in [0.4, 0.5) is 0 Å². The largest absolute Gasteiger partial charge is 0.497 e. The molecule has 0 aliphatic carbocycles. The number of amides is 1. The Morgan fingerprint density at radius 3 is 2.28 bits per heavy atom. The van der Waals surface area contributed by atoms with E-state index in [9.17, 15) is 4.79 Å². The predicted octanol–water partition coefficient (Wildman–Crippen LogP) is 2.45. The third-order valence-electron chi connectivity index (χ3n) is 2.54. The third-order valence-corrected chi connectivity index (χ3v) is 3.00. The summed E-state index contributed by atoms with van der Waals surface area (Å²) in [4.78, 5) is 11.9. The summed E-state index contributed by atoms with van der Waals surface area (Å²) < 4.78 is 10.2. The van der Waals surface area contributed by atoms with Gasteiger partial charge in [0.15, 0.2) is 0 Å². The maximum Gasteiger partial charge on any atom is 0.251 e. The van der Waals surface area contributed by atoms with Crippen LogP contribution in [0.5, 0.6) is 11.5 Å². The molecule has 0 bridgehead atoms. The molecule has 0 aromatic heterocycles. The zero-order valence-electron chi connectivity index (χ0n) is 10.8. The highest BCUT2D eigenvalue weighted by atomic mass is 35.5. The Bertz CT molecular complexity index is 387. The first kappa shape index (κ1) is 14.6. The molecule has 1 atom stereocenters. The van der Waals surface area contributed by atoms with Gasteiger partial charge in [-0.25, -0.2) is 0 Å². The van der Waals surface area contributed by atoms with E-state index < -0.39 is 0 Å². The van der Waals surface area contributed by atoms with Crippen LogP contribution in [0.2, 0.25) is 0 Å². The fourth-order valence-electron chi connectivity index (χ4n) is 1.39. The van der Waals surface area contributed by atoms with Crippen molar-refractivity contribution in [3.05, 3.63) is 23.8 Å². The van der Waals surface area contributed by atoms with E-state index in [1.165, 1.54) is 0 Å². The monoisotopic (exact) mass is 271 g/mol. The van der Waals surface area contributed by atoms with Crippen molar-refractivity contribution in [2.24, 2.45) is 0 Å². The van der Waals surface area contributed by atoms with Gasteiger partial charge in [0.2, 0.25) is 0 Å². The predicted molar refractivity (Wildman–Crippen MR) is 71.8 cm³/mol. The summed E-state index contributed by atoms with van der Waals surface area (Å²) in [7, 11) is 3.09. The molecule has 0 radical (unpaired) electrons. The second kappa shape index (κ2) is 7.11. The lowest BCUT2D eigenvalue weighted by atomic mass is 10.2. The smallest absolute Gasteiger partial charge is 0.251 e. The normalized spacial score (nSPS) is 11.8. The molecule has 0 aliphatic rings. The van der Waals surface area contributed by atoms with Crippen molar-refractivity contribution in [3.63, 3.8) is 0 Å². The lowest BCUT2D eigenvalue weighted by molar-refractivity contribution is 0.0952. The van der Waals surface area contributed by atoms with Gasteiger partial charge in [0.1, 0.15) is 11.5 Å². The summed E-state index contributed by atoms with van der Waals surface area (Å²) >= 11 is 5.95. The SMILES string of the molecule is CCC(Cl)CNC(=O)c1cc(OC)cc(OC)c1. The fourth-order valence-corrected chi connectivity index (χ4v) is 1.47. The summed E-state index contributed by atoms with van der Waals surface area (Å²) in [6.45, 7) is 2.41. The second-order valence-corrected chi connectivity index (χ2v) is 4.43. The van der Waals surface area contributed by atoms with Crippen molar-refractivity contribution in [2.75, 3.05) is 20.8 Å². The molecule has 1 unspecified atom stereocenters. The van der Waals surface area contributed by atoms with Crippen molar-refractivity contribution in [3.8, 4) is 11.5 Å². The van der Waals surface area contributed by atoms with Crippen LogP contribution < -0.4 is 14.8 Å². The molecule has 0 spiro atoms. The molecule has 0 heterocycles. The van der Waals surface area contributed by atoms with Gasteiger partial charge in [0.25, 0.3) is 5.91 Å². The molecule has 0 saturated carbocycles. The van der Waals surface area contributed by atoms with Gasteiger partial charge in [0, 0.05) is 18.2 Å². The molecule has 5 heteroatoms. The van der Waals surface area contributed by atoms with Crippen LogP contribution in [-0.4, -0.2) is 32.0 Å². The molecule has 1 rings (SSSR count). The lowest BCUT2D eigenvalue weighted by Gasteiger charge is -2.11. The van der Waals surface area contributed by atoms with Gasteiger partial charge in [-0.2, -0.15) is 0 Å². The minimum absolute atomic E-state index is 0.0542. The van der Waals surface area contributed by atoms with Crippen molar-refractivity contribution in [2.45, 2.75) is 18.7 Å². The highest BCUT2D eigenvalue weighted by Crippen LogP contribution is 2.22. The lowest BCUT2D eigenvalue weighted by Crippen LogP contribution is -2.29. The third kappa shape index (κ3) is 4.11. The van der Waals surface area contributed by atoms with Gasteiger partial charge < -0.3 is 14.8 Å². The fraction of sp³-hybridized carbons (Fsp3) is 0.462. The number of nitrogens with one attached hydrogen (secondary N) is 1. The van der Waals surface area contributed by atoms with Crippen molar-refractivity contribution in [1.82, 2.24) is 5.32 Å². The van der Waals surface area contributed by atoms with Crippen LogP contribution in [0.15, 0.2) is 18.2 Å². The van der Waals surface area contributed by atoms with Gasteiger partial charge in [-0.15, -0.1) is 11.6 Å². The molecule has 0 saturated heterocycles. The summed E-state index contributed by atoms with van der Waals surface area (Å²) in [5, 5.41) is 2.72. The molecule has 1 N–H and O–H groups in total. The first-order chi connectivity index (χ1) is 8.60. The van der Waals surface area contributed by atoms with Crippen LogP contribution >= 0.6 is 11.6 Å². The highest BCUT2D eigenvalue weighted by molar-refractivity contribution is 6.20. The highest BCUT2D eigenvalue weighted by Gasteiger charge is 2.11. The summed E-state index contributed by atoms with van der Waals surface area (Å²) in [5.41, 5.74) is 0.492. The number of hydrogen-bond acceptors (Lipinski definition) is 3. The standard InChI is InChI=1S/C13H18ClNO3/c1-4-10(14)8-15-13(16)9-5-11(17-2)7-12(6-9)18-3/h5-7,10H,4,8H2,1-3H3,(H,15,16). The van der Waals surface area contributed by atoms with Crippen molar-refractivity contribution < 1.29 is 14.3 Å². The number of halogens is 1. The molecule has 18 heavy (non-hydrogen) atoms. The minimum atomic E-state index is -0.189. The van der Waals surface area contributed by atoms with Crippen LogP contribution in [-0.2, 0) is 0 Å². The molecule has 1 amide bonds. The van der Waals surface area contributed by atoms with E-state index in [4.69, 9.17) is 21.1 Å². The number of hydrogen-bond donors (Lipinski definition) is 1. The second-order valence-electron chi connectivity index (χ2n) is 3.82. The number of carbonyl (C=O) groups is 1. The minimum Gasteiger partial charge on any atom is -0.497 e. The van der Waals surface area contributed by atoms with Gasteiger partial charge in [-0.05, 0) is 18.6 Å². The van der Waals surface area contributed by atoms with E-state index in [1.807, 2.05) is 6.92 Å². The quantitative estimate of drug-likeness (QED) is 0.809. The Labute approximate surface area is 112 Å². The maximum absolute atomic E-state index is 11.9. The van der Waals surface area contributed by atoms with Crippen molar-refractivity contribution in [1.29, 1.82) is 0 Å². The average Bonchev–Trinajstić information content (AvgIpc) is 2.43. The van der Waals surface area contributed by atoms with Crippen molar-refractivity contribution >= 4 is 17.5 Å². The maximum atomic E-state index is 11.9. The first-order valence-corrected chi connectivity index (χ1v) is 6.19. The molecule has 1 aromatic rings. The Hall–Kier alpha value is -1.42. The molecule has 0 aliphatic heterocycles. The van der Waals surface area contributed by atoms with Crippen LogP contribution in [0.25, 0.3) is 0 Å². The topological polar surface area (TPSA) is 47.6 Å². The zero-order chi connectivity index (χ0) is 13.5. The number of carbonyl (C=O) groups excluding carboxylic acids is 1. The molecule has 1 aromatic carbocycles. The van der Waals surface area contributed by atoms with Crippen LogP contribution in [0.3, 0.4) is 0 Å². The first-order valence-electron chi connectivity index (χ1n) is 5.76.